The molecule has 3 aliphatic rings. The molecule has 304 valence electrons. The fraction of sp³-hybridized carbons (Fsp3) is 0.683. The lowest BCUT2D eigenvalue weighted by molar-refractivity contribution is -0.145. The number of likely N-dealkylation sites (tertiary alicyclic amines) is 1. The van der Waals surface area contributed by atoms with E-state index in [1.165, 1.54) is 9.80 Å². The Morgan fingerprint density at radius 2 is 1.53 bits per heavy atom. The number of hydrogen-bond donors (Lipinski definition) is 4. The summed E-state index contributed by atoms with van der Waals surface area (Å²) in [5.41, 5.74) is 0.479. The van der Waals surface area contributed by atoms with Crippen molar-refractivity contribution in [2.75, 3.05) is 27.2 Å². The van der Waals surface area contributed by atoms with Gasteiger partial charge in [-0.1, -0.05) is 78.6 Å². The highest BCUT2D eigenvalue weighted by Crippen LogP contribution is 2.65. The second kappa shape index (κ2) is 16.7. The van der Waals surface area contributed by atoms with Crippen molar-refractivity contribution in [2.24, 2.45) is 28.6 Å². The molecule has 14 nitrogen and oxygen atoms in total. The number of unbranched alkanes of at least 4 members (excludes halogenated alkanes) is 1. The van der Waals surface area contributed by atoms with Crippen molar-refractivity contribution >= 4 is 41.4 Å². The molecule has 0 spiro atoms. The number of carbonyl (C=O) groups excluding carboxylic acids is 7. The van der Waals surface area contributed by atoms with Crippen molar-refractivity contribution in [3.8, 4) is 0 Å². The zero-order valence-electron chi connectivity index (χ0n) is 34.5. The number of hydrogen-bond acceptors (Lipinski definition) is 8. The second-order valence-corrected chi connectivity index (χ2v) is 18.3. The van der Waals surface area contributed by atoms with E-state index in [2.05, 4.69) is 21.3 Å². The number of fused-ring (bicyclic) bond motifs is 2. The molecule has 1 saturated heterocycles. The molecule has 55 heavy (non-hydrogen) atoms. The number of ether oxygens (including phenoxy) is 1. The van der Waals surface area contributed by atoms with Crippen LogP contribution in [0.4, 0.5) is 4.79 Å². The van der Waals surface area contributed by atoms with Crippen LogP contribution < -0.4 is 21.3 Å². The van der Waals surface area contributed by atoms with Crippen LogP contribution in [0, 0.1) is 28.6 Å². The summed E-state index contributed by atoms with van der Waals surface area (Å²) in [5, 5.41) is 10.7. The van der Waals surface area contributed by atoms with E-state index < -0.39 is 77.2 Å². The van der Waals surface area contributed by atoms with Gasteiger partial charge in [-0.3, -0.25) is 28.8 Å². The van der Waals surface area contributed by atoms with E-state index in [1.54, 1.807) is 34.9 Å². The van der Waals surface area contributed by atoms with Gasteiger partial charge in [0.2, 0.25) is 29.4 Å². The van der Waals surface area contributed by atoms with E-state index in [4.69, 9.17) is 4.74 Å². The number of Topliss-reactive ketones (excluding diaryl/α,β-unsaturated/α-hetero) is 1. The predicted octanol–water partition coefficient (Wildman–Crippen LogP) is 2.76. The first-order valence-electron chi connectivity index (χ1n) is 19.5. The molecule has 4 rings (SSSR count). The van der Waals surface area contributed by atoms with E-state index in [0.717, 1.165) is 11.1 Å². The van der Waals surface area contributed by atoms with E-state index in [-0.39, 0.29) is 35.5 Å². The molecule has 1 aromatic rings. The van der Waals surface area contributed by atoms with Crippen LogP contribution >= 0.6 is 0 Å². The molecule has 1 saturated carbocycles. The van der Waals surface area contributed by atoms with Gasteiger partial charge in [0.1, 0.15) is 23.7 Å². The summed E-state index contributed by atoms with van der Waals surface area (Å²) in [6.45, 7) is 16.4. The number of piperidine rings is 1. The summed E-state index contributed by atoms with van der Waals surface area (Å²) in [6.07, 6.45) is 1.87. The standard InChI is InChI=1S/C41H62N6O8/c1-12-13-18-27(32(49)35(51)42-21-28(48)44-30(36(52)46(10)11)25-19-23-16-14-15-17-24(23)20-25)43-34(50)31-29-26(41(29,8)9)22-47(31)37(53)33(39(2,3)4)45-38(54)55-40(5,6)7/h14-17,25-27,29-31,33H,12-13,18-22H2,1-11H3,(H,42,51)(H,43,50)(H,44,48)(H,45,54). The number of alkyl carbamates (subject to hydrolysis) is 1. The minimum atomic E-state index is -1.20. The third-order valence-electron chi connectivity index (χ3n) is 11.2. The third kappa shape index (κ3) is 10.2. The Labute approximate surface area is 325 Å². The van der Waals surface area contributed by atoms with Gasteiger partial charge in [-0.15, -0.1) is 0 Å². The van der Waals surface area contributed by atoms with Crippen molar-refractivity contribution in [1.82, 2.24) is 31.1 Å². The van der Waals surface area contributed by atoms with Gasteiger partial charge in [-0.2, -0.15) is 0 Å². The predicted molar refractivity (Wildman–Crippen MR) is 206 cm³/mol. The van der Waals surface area contributed by atoms with E-state index in [0.29, 0.717) is 32.2 Å². The number of likely N-dealkylation sites (N-methyl/N-ethyl adjacent to an activating group) is 1. The maximum Gasteiger partial charge on any atom is 0.408 e. The average Bonchev–Trinajstić information content (AvgIpc) is 3.44. The summed E-state index contributed by atoms with van der Waals surface area (Å²) in [7, 11) is 3.23. The van der Waals surface area contributed by atoms with Crippen LogP contribution in [0.15, 0.2) is 24.3 Å². The lowest BCUT2D eigenvalue weighted by Gasteiger charge is -2.38. The number of rotatable bonds is 14. The monoisotopic (exact) mass is 766 g/mol. The zero-order chi connectivity index (χ0) is 41.2. The molecule has 0 radical (unpaired) electrons. The average molecular weight is 767 g/mol. The fourth-order valence-electron chi connectivity index (χ4n) is 8.11. The molecule has 4 N–H and O–H groups in total. The Balaban J connectivity index is 1.44. The van der Waals surface area contributed by atoms with Gasteiger partial charge in [0.25, 0.3) is 5.91 Å². The Hall–Kier alpha value is -4.49. The number of ketones is 1. The highest BCUT2D eigenvalue weighted by atomic mass is 16.6. The molecule has 2 aliphatic carbocycles. The van der Waals surface area contributed by atoms with Crippen LogP contribution in [-0.4, -0.2) is 108 Å². The van der Waals surface area contributed by atoms with Gasteiger partial charge >= 0.3 is 6.09 Å². The number of nitrogens with zero attached hydrogens (tertiary/aromatic N) is 2. The number of nitrogens with one attached hydrogen (secondary N) is 4. The molecular weight excluding hydrogens is 704 g/mol. The summed E-state index contributed by atoms with van der Waals surface area (Å²) in [4.78, 5) is 97.3. The third-order valence-corrected chi connectivity index (χ3v) is 11.2. The van der Waals surface area contributed by atoms with Crippen LogP contribution in [0.25, 0.3) is 0 Å². The quantitative estimate of drug-likeness (QED) is 0.209. The van der Waals surface area contributed by atoms with Crippen LogP contribution in [-0.2, 0) is 46.3 Å². The van der Waals surface area contributed by atoms with Gasteiger partial charge in [0, 0.05) is 20.6 Å². The molecule has 1 aliphatic heterocycles. The SMILES string of the molecule is CCCCC(NC(=O)C1C2C(CN1C(=O)C(NC(=O)OC(C)(C)C)C(C)(C)C)C2(C)C)C(=O)C(=O)NCC(=O)NC(C(=O)N(C)C)C1Cc2ccccc2C1. The molecule has 0 bridgehead atoms. The molecule has 2 fully saturated rings. The molecule has 6 amide bonds. The lowest BCUT2D eigenvalue weighted by atomic mass is 9.85. The van der Waals surface area contributed by atoms with Crippen LogP contribution in [0.5, 0.6) is 0 Å². The van der Waals surface area contributed by atoms with Crippen molar-refractivity contribution in [1.29, 1.82) is 0 Å². The Morgan fingerprint density at radius 3 is 2.05 bits per heavy atom. The topological polar surface area (TPSA) is 183 Å². The van der Waals surface area contributed by atoms with E-state index in [1.807, 2.05) is 65.8 Å². The minimum absolute atomic E-state index is 0.0301. The first-order valence-corrected chi connectivity index (χ1v) is 19.5. The molecule has 1 aromatic carbocycles. The van der Waals surface area contributed by atoms with Gasteiger partial charge < -0.3 is 35.8 Å². The van der Waals surface area contributed by atoms with Crippen LogP contribution in [0.2, 0.25) is 0 Å². The molecular formula is C41H62N6O8. The summed E-state index contributed by atoms with van der Waals surface area (Å²) >= 11 is 0. The Bertz CT molecular complexity index is 1630. The Morgan fingerprint density at radius 1 is 0.927 bits per heavy atom. The van der Waals surface area contributed by atoms with E-state index >= 15 is 0 Å². The lowest BCUT2D eigenvalue weighted by Crippen LogP contribution is -2.61. The summed E-state index contributed by atoms with van der Waals surface area (Å²) in [6, 6.07) is 3.91. The van der Waals surface area contributed by atoms with Crippen LogP contribution in [0.3, 0.4) is 0 Å². The van der Waals surface area contributed by atoms with Crippen LogP contribution in [0.1, 0.15) is 92.7 Å². The molecule has 0 aromatic heterocycles. The molecule has 1 heterocycles. The fourth-order valence-corrected chi connectivity index (χ4v) is 8.11. The second-order valence-electron chi connectivity index (χ2n) is 18.3. The molecule has 14 heteroatoms. The smallest absolute Gasteiger partial charge is 0.408 e. The number of amides is 6. The van der Waals surface area contributed by atoms with Crippen molar-refractivity contribution < 1.29 is 38.3 Å². The normalized spacial score (nSPS) is 21.6. The zero-order valence-corrected chi connectivity index (χ0v) is 34.5. The van der Waals surface area contributed by atoms with E-state index in [9.17, 15) is 33.6 Å². The van der Waals surface area contributed by atoms with Crippen molar-refractivity contribution in [2.45, 2.75) is 124 Å². The van der Waals surface area contributed by atoms with Crippen molar-refractivity contribution in [3.63, 3.8) is 0 Å². The summed E-state index contributed by atoms with van der Waals surface area (Å²) < 4.78 is 5.44. The molecule has 6 unspecified atom stereocenters. The maximum atomic E-state index is 14.2. The number of benzene rings is 1. The first kappa shape index (κ1) is 43.2. The number of carbonyl (C=O) groups is 7. The molecule has 6 atom stereocenters. The largest absolute Gasteiger partial charge is 0.444 e. The highest BCUT2D eigenvalue weighted by Gasteiger charge is 2.70. The highest BCUT2D eigenvalue weighted by molar-refractivity contribution is 6.38. The first-order chi connectivity index (χ1) is 25.5. The van der Waals surface area contributed by atoms with Gasteiger partial charge in [0.15, 0.2) is 0 Å². The van der Waals surface area contributed by atoms with Gasteiger partial charge in [-0.25, -0.2) is 4.79 Å². The summed E-state index contributed by atoms with van der Waals surface area (Å²) in [5.74, 6) is -4.18. The van der Waals surface area contributed by atoms with Gasteiger partial charge in [-0.05, 0) is 79.7 Å². The minimum Gasteiger partial charge on any atom is -0.444 e. The van der Waals surface area contributed by atoms with Crippen molar-refractivity contribution in [3.05, 3.63) is 35.4 Å². The van der Waals surface area contributed by atoms with Gasteiger partial charge in [0.05, 0.1) is 12.6 Å². The Kier molecular flexibility index (Phi) is 13.1. The maximum absolute atomic E-state index is 14.2.